The van der Waals surface area contributed by atoms with Crippen LogP contribution in [0.3, 0.4) is 0 Å². The zero-order valence-electron chi connectivity index (χ0n) is 7.11. The Bertz CT molecular complexity index is 349. The SMILES string of the molecule is Oc1cc(Cl)c(F)c2c1CCCC2. The van der Waals surface area contributed by atoms with Crippen LogP contribution in [0.15, 0.2) is 6.07 Å². The fourth-order valence-electron chi connectivity index (χ4n) is 1.84. The van der Waals surface area contributed by atoms with Crippen LogP contribution in [-0.2, 0) is 12.8 Å². The average Bonchev–Trinajstić information content (AvgIpc) is 2.15. The van der Waals surface area contributed by atoms with Gasteiger partial charge in [-0.15, -0.1) is 0 Å². The summed E-state index contributed by atoms with van der Waals surface area (Å²) in [6.07, 6.45) is 3.44. The fraction of sp³-hybridized carbons (Fsp3) is 0.400. The van der Waals surface area contributed by atoms with Gasteiger partial charge in [-0.25, -0.2) is 4.39 Å². The number of phenols is 1. The monoisotopic (exact) mass is 200 g/mol. The van der Waals surface area contributed by atoms with Gasteiger partial charge in [0, 0.05) is 11.6 Å². The number of hydrogen-bond donors (Lipinski definition) is 1. The molecule has 1 aromatic rings. The van der Waals surface area contributed by atoms with E-state index in [2.05, 4.69) is 0 Å². The van der Waals surface area contributed by atoms with Crippen LogP contribution < -0.4 is 0 Å². The third-order valence-electron chi connectivity index (χ3n) is 2.52. The minimum atomic E-state index is -0.353. The molecule has 0 heterocycles. The van der Waals surface area contributed by atoms with Crippen LogP contribution in [0.5, 0.6) is 5.75 Å². The lowest BCUT2D eigenvalue weighted by Gasteiger charge is -2.17. The molecule has 1 aliphatic rings. The van der Waals surface area contributed by atoms with Gasteiger partial charge in [0.15, 0.2) is 0 Å². The smallest absolute Gasteiger partial charge is 0.145 e. The Morgan fingerprint density at radius 2 is 1.85 bits per heavy atom. The van der Waals surface area contributed by atoms with Crippen molar-refractivity contribution in [1.82, 2.24) is 0 Å². The van der Waals surface area contributed by atoms with Crippen molar-refractivity contribution in [3.05, 3.63) is 28.0 Å². The minimum Gasteiger partial charge on any atom is -0.508 e. The third-order valence-corrected chi connectivity index (χ3v) is 2.79. The maximum atomic E-state index is 13.4. The molecule has 1 aromatic carbocycles. The van der Waals surface area contributed by atoms with Crippen LogP contribution >= 0.6 is 11.6 Å². The molecular formula is C10H10ClFO. The molecule has 0 fully saturated rings. The molecule has 0 amide bonds. The molecule has 0 saturated carbocycles. The summed E-state index contributed by atoms with van der Waals surface area (Å²) in [7, 11) is 0. The normalized spacial score (nSPS) is 15.5. The number of hydrogen-bond acceptors (Lipinski definition) is 1. The van der Waals surface area contributed by atoms with Crippen molar-refractivity contribution in [1.29, 1.82) is 0 Å². The Balaban J connectivity index is 2.63. The molecule has 2 rings (SSSR count). The van der Waals surface area contributed by atoms with Crippen LogP contribution in [0.4, 0.5) is 4.39 Å². The molecule has 0 atom stereocenters. The van der Waals surface area contributed by atoms with E-state index in [4.69, 9.17) is 11.6 Å². The highest BCUT2D eigenvalue weighted by atomic mass is 35.5. The Kier molecular flexibility index (Phi) is 2.16. The standard InChI is InChI=1S/C10H10ClFO/c11-8-5-9(13)6-3-1-2-4-7(6)10(8)12/h5,13H,1-4H2. The van der Waals surface area contributed by atoms with E-state index in [9.17, 15) is 9.50 Å². The van der Waals surface area contributed by atoms with Gasteiger partial charge in [0.2, 0.25) is 0 Å². The van der Waals surface area contributed by atoms with Crippen molar-refractivity contribution in [2.75, 3.05) is 0 Å². The van der Waals surface area contributed by atoms with Gasteiger partial charge in [-0.05, 0) is 31.2 Å². The zero-order valence-corrected chi connectivity index (χ0v) is 7.86. The number of aromatic hydroxyl groups is 1. The molecular weight excluding hydrogens is 191 g/mol. The first-order chi connectivity index (χ1) is 6.20. The summed E-state index contributed by atoms with van der Waals surface area (Å²) in [6, 6.07) is 1.29. The number of halogens is 2. The van der Waals surface area contributed by atoms with Crippen LogP contribution in [0, 0.1) is 5.82 Å². The zero-order chi connectivity index (χ0) is 9.42. The Morgan fingerprint density at radius 3 is 2.54 bits per heavy atom. The molecule has 3 heteroatoms. The van der Waals surface area contributed by atoms with E-state index in [1.54, 1.807) is 0 Å². The van der Waals surface area contributed by atoms with Crippen LogP contribution in [0.2, 0.25) is 5.02 Å². The molecule has 0 saturated heterocycles. The van der Waals surface area contributed by atoms with Gasteiger partial charge in [-0.1, -0.05) is 11.6 Å². The molecule has 0 unspecified atom stereocenters. The number of fused-ring (bicyclic) bond motifs is 1. The van der Waals surface area contributed by atoms with Crippen molar-refractivity contribution in [3.63, 3.8) is 0 Å². The first-order valence-corrected chi connectivity index (χ1v) is 4.76. The van der Waals surface area contributed by atoms with Crippen molar-refractivity contribution in [3.8, 4) is 5.75 Å². The van der Waals surface area contributed by atoms with Gasteiger partial charge < -0.3 is 5.11 Å². The topological polar surface area (TPSA) is 20.2 Å². The summed E-state index contributed by atoms with van der Waals surface area (Å²) in [5, 5.41) is 9.54. The third kappa shape index (κ3) is 1.39. The molecule has 0 aliphatic heterocycles. The van der Waals surface area contributed by atoms with Crippen molar-refractivity contribution in [2.45, 2.75) is 25.7 Å². The van der Waals surface area contributed by atoms with Gasteiger partial charge in [0.1, 0.15) is 11.6 Å². The lowest BCUT2D eigenvalue weighted by atomic mass is 9.90. The maximum absolute atomic E-state index is 13.4. The highest BCUT2D eigenvalue weighted by Gasteiger charge is 2.19. The quantitative estimate of drug-likeness (QED) is 0.683. The highest BCUT2D eigenvalue weighted by Crippen LogP contribution is 2.34. The highest BCUT2D eigenvalue weighted by molar-refractivity contribution is 6.31. The van der Waals surface area contributed by atoms with E-state index in [1.165, 1.54) is 6.07 Å². The van der Waals surface area contributed by atoms with Gasteiger partial charge in [-0.2, -0.15) is 0 Å². The first-order valence-electron chi connectivity index (χ1n) is 4.39. The fourth-order valence-corrected chi connectivity index (χ4v) is 2.06. The second-order valence-electron chi connectivity index (χ2n) is 3.36. The van der Waals surface area contributed by atoms with Crippen LogP contribution in [0.1, 0.15) is 24.0 Å². The molecule has 0 spiro atoms. The largest absolute Gasteiger partial charge is 0.508 e. The van der Waals surface area contributed by atoms with Crippen LogP contribution in [0.25, 0.3) is 0 Å². The van der Waals surface area contributed by atoms with Gasteiger partial charge in [0.05, 0.1) is 5.02 Å². The first kappa shape index (κ1) is 8.82. The van der Waals surface area contributed by atoms with E-state index in [1.807, 2.05) is 0 Å². The Morgan fingerprint density at radius 1 is 1.23 bits per heavy atom. The van der Waals surface area contributed by atoms with Crippen LogP contribution in [-0.4, -0.2) is 5.11 Å². The number of rotatable bonds is 0. The second kappa shape index (κ2) is 3.18. The predicted octanol–water partition coefficient (Wildman–Crippen LogP) is 3.06. The predicted molar refractivity (Wildman–Crippen MR) is 49.7 cm³/mol. The molecule has 1 nitrogen and oxygen atoms in total. The molecule has 70 valence electrons. The van der Waals surface area contributed by atoms with Crippen molar-refractivity contribution in [2.24, 2.45) is 0 Å². The molecule has 0 bridgehead atoms. The number of phenolic OH excluding ortho intramolecular Hbond substituents is 1. The van der Waals surface area contributed by atoms with Gasteiger partial charge in [-0.3, -0.25) is 0 Å². The maximum Gasteiger partial charge on any atom is 0.145 e. The minimum absolute atomic E-state index is 0.0261. The summed E-state index contributed by atoms with van der Waals surface area (Å²) < 4.78 is 13.4. The van der Waals surface area contributed by atoms with E-state index < -0.39 is 0 Å². The van der Waals surface area contributed by atoms with E-state index in [0.29, 0.717) is 12.0 Å². The summed E-state index contributed by atoms with van der Waals surface area (Å²) in [6.45, 7) is 0. The lowest BCUT2D eigenvalue weighted by Crippen LogP contribution is -2.05. The molecule has 13 heavy (non-hydrogen) atoms. The second-order valence-corrected chi connectivity index (χ2v) is 3.76. The molecule has 0 aromatic heterocycles. The van der Waals surface area contributed by atoms with Gasteiger partial charge in [0.25, 0.3) is 0 Å². The van der Waals surface area contributed by atoms with E-state index in [-0.39, 0.29) is 16.6 Å². The summed E-state index contributed by atoms with van der Waals surface area (Å²) in [5.41, 5.74) is 1.35. The van der Waals surface area contributed by atoms with E-state index in [0.717, 1.165) is 24.8 Å². The number of benzene rings is 1. The average molecular weight is 201 g/mol. The van der Waals surface area contributed by atoms with Gasteiger partial charge >= 0.3 is 0 Å². The summed E-state index contributed by atoms with van der Waals surface area (Å²) in [5.74, 6) is -0.213. The molecule has 0 radical (unpaired) electrons. The Hall–Kier alpha value is -0.760. The molecule has 1 aliphatic carbocycles. The summed E-state index contributed by atoms with van der Waals surface area (Å²) >= 11 is 5.62. The van der Waals surface area contributed by atoms with Crippen molar-refractivity contribution >= 4 is 11.6 Å². The summed E-state index contributed by atoms with van der Waals surface area (Å²) in [4.78, 5) is 0. The Labute approximate surface area is 81.1 Å². The molecule has 1 N–H and O–H groups in total. The van der Waals surface area contributed by atoms with E-state index >= 15 is 0 Å². The lowest BCUT2D eigenvalue weighted by molar-refractivity contribution is 0.456. The van der Waals surface area contributed by atoms with Crippen molar-refractivity contribution < 1.29 is 9.50 Å².